The Morgan fingerprint density at radius 2 is 2.32 bits per heavy atom. The van der Waals surface area contributed by atoms with Gasteiger partial charge in [-0.3, -0.25) is 5.10 Å². The third-order valence-electron chi connectivity index (χ3n) is 2.35. The maximum Gasteiger partial charge on any atom is 0.347 e. The van der Waals surface area contributed by atoms with E-state index in [0.717, 1.165) is 15.6 Å². The number of hydrogen-bond acceptors (Lipinski definition) is 6. The number of carboxylic acids is 1. The molecule has 0 fully saturated rings. The lowest BCUT2D eigenvalue weighted by Gasteiger charge is -2.15. The van der Waals surface area contributed by atoms with E-state index in [-0.39, 0.29) is 16.3 Å². The smallest absolute Gasteiger partial charge is 0.347 e. The summed E-state index contributed by atoms with van der Waals surface area (Å²) in [5.41, 5.74) is 0. The first kappa shape index (κ1) is 13.6. The molecule has 0 bridgehead atoms. The Hall–Kier alpha value is -1.78. The molecule has 0 spiro atoms. The van der Waals surface area contributed by atoms with Crippen molar-refractivity contribution in [2.45, 2.75) is 11.4 Å². The number of nitrogens with one attached hydrogen (secondary N) is 1. The fourth-order valence-electron chi connectivity index (χ4n) is 1.43. The van der Waals surface area contributed by atoms with Crippen LogP contribution >= 0.6 is 11.3 Å². The van der Waals surface area contributed by atoms with E-state index in [0.29, 0.717) is 5.82 Å². The van der Waals surface area contributed by atoms with E-state index in [4.69, 9.17) is 5.11 Å². The van der Waals surface area contributed by atoms with E-state index >= 15 is 0 Å². The van der Waals surface area contributed by atoms with Crippen LogP contribution in [0.15, 0.2) is 22.7 Å². The number of carboxylic acid groups (broad SMARTS) is 1. The molecule has 0 amide bonds. The topological polar surface area (TPSA) is 116 Å². The minimum Gasteiger partial charge on any atom is -0.477 e. The van der Waals surface area contributed by atoms with Gasteiger partial charge < -0.3 is 5.11 Å². The van der Waals surface area contributed by atoms with Crippen molar-refractivity contribution >= 4 is 27.3 Å². The van der Waals surface area contributed by atoms with Gasteiger partial charge in [0.1, 0.15) is 21.9 Å². The molecule has 0 aliphatic rings. The van der Waals surface area contributed by atoms with Crippen molar-refractivity contribution in [1.29, 1.82) is 0 Å². The first-order chi connectivity index (χ1) is 8.93. The van der Waals surface area contributed by atoms with Gasteiger partial charge in [0, 0.05) is 7.05 Å². The number of aromatic carboxylic acids is 1. The molecule has 0 saturated heterocycles. The number of hydrogen-bond donors (Lipinski definition) is 2. The number of nitrogens with zero attached hydrogens (tertiary/aromatic N) is 3. The van der Waals surface area contributed by atoms with Crippen LogP contribution in [0.5, 0.6) is 0 Å². The first-order valence-corrected chi connectivity index (χ1v) is 7.36. The molecule has 2 heterocycles. The summed E-state index contributed by atoms with van der Waals surface area (Å²) in [6.45, 7) is -0.0166. The lowest BCUT2D eigenvalue weighted by molar-refractivity contribution is 0.0698. The number of sulfonamides is 1. The molecule has 2 aromatic rings. The number of carbonyl (C=O) groups is 1. The fraction of sp³-hybridized carbons (Fsp3) is 0.222. The van der Waals surface area contributed by atoms with Crippen molar-refractivity contribution < 1.29 is 18.3 Å². The van der Waals surface area contributed by atoms with Crippen molar-refractivity contribution in [1.82, 2.24) is 19.5 Å². The zero-order chi connectivity index (χ0) is 14.0. The molecule has 0 saturated carbocycles. The fourth-order valence-corrected chi connectivity index (χ4v) is 3.79. The minimum absolute atomic E-state index is 0.0166. The molecule has 8 nitrogen and oxygen atoms in total. The summed E-state index contributed by atoms with van der Waals surface area (Å²) in [5, 5.41) is 16.5. The van der Waals surface area contributed by atoms with Crippen LogP contribution < -0.4 is 0 Å². The number of H-pyrrole nitrogens is 1. The molecule has 10 heteroatoms. The van der Waals surface area contributed by atoms with E-state index < -0.39 is 16.0 Å². The summed E-state index contributed by atoms with van der Waals surface area (Å²) in [5.74, 6) is -0.889. The number of thiophene rings is 1. The third-order valence-corrected chi connectivity index (χ3v) is 5.23. The molecular weight excluding hydrogens is 292 g/mol. The number of aromatic nitrogens is 3. The van der Waals surface area contributed by atoms with Crippen LogP contribution in [0.25, 0.3) is 0 Å². The second-order valence-electron chi connectivity index (χ2n) is 3.61. The average Bonchev–Trinajstić information content (AvgIpc) is 2.98. The second-order valence-corrected chi connectivity index (χ2v) is 6.54. The zero-order valence-corrected chi connectivity index (χ0v) is 11.4. The molecule has 2 N–H and O–H groups in total. The SMILES string of the molecule is CN(Cc1ncn[nH]1)S(=O)(=O)c1ccsc1C(=O)O. The van der Waals surface area contributed by atoms with Crippen LogP contribution in [0.1, 0.15) is 15.5 Å². The van der Waals surface area contributed by atoms with Crippen LogP contribution in [0.2, 0.25) is 0 Å². The van der Waals surface area contributed by atoms with E-state index in [2.05, 4.69) is 15.2 Å². The standard InChI is InChI=1S/C9H10N4O4S2/c1-13(4-7-10-5-11-12-7)19(16,17)6-2-3-18-8(6)9(14)15/h2-3,5H,4H2,1H3,(H,14,15)(H,10,11,12). The van der Waals surface area contributed by atoms with Gasteiger partial charge in [0.25, 0.3) is 0 Å². The lowest BCUT2D eigenvalue weighted by atomic mass is 10.5. The van der Waals surface area contributed by atoms with Crippen LogP contribution in [0.4, 0.5) is 0 Å². The molecule has 2 aromatic heterocycles. The molecule has 0 radical (unpaired) electrons. The minimum atomic E-state index is -3.87. The highest BCUT2D eigenvalue weighted by Gasteiger charge is 2.28. The summed E-state index contributed by atoms with van der Waals surface area (Å²) >= 11 is 0.869. The van der Waals surface area contributed by atoms with Crippen molar-refractivity contribution in [3.8, 4) is 0 Å². The highest BCUT2D eigenvalue weighted by Crippen LogP contribution is 2.25. The summed E-state index contributed by atoms with van der Waals surface area (Å²) < 4.78 is 25.5. The molecule has 0 aliphatic carbocycles. The van der Waals surface area contributed by atoms with Crippen LogP contribution in [-0.4, -0.2) is 46.0 Å². The van der Waals surface area contributed by atoms with Gasteiger partial charge in [-0.05, 0) is 11.4 Å². The average molecular weight is 302 g/mol. The Morgan fingerprint density at radius 3 is 2.89 bits per heavy atom. The van der Waals surface area contributed by atoms with Crippen molar-refractivity contribution in [2.75, 3.05) is 7.05 Å². The predicted octanol–water partition coefficient (Wildman–Crippen LogP) is 0.385. The van der Waals surface area contributed by atoms with E-state index in [1.165, 1.54) is 24.8 Å². The van der Waals surface area contributed by atoms with Gasteiger partial charge >= 0.3 is 5.97 Å². The van der Waals surface area contributed by atoms with E-state index in [9.17, 15) is 13.2 Å². The molecule has 0 atom stereocenters. The normalized spacial score (nSPS) is 11.9. The van der Waals surface area contributed by atoms with Gasteiger partial charge in [-0.15, -0.1) is 11.3 Å². The Morgan fingerprint density at radius 1 is 1.58 bits per heavy atom. The Balaban J connectivity index is 2.31. The Kier molecular flexibility index (Phi) is 3.64. The maximum atomic E-state index is 12.3. The number of aromatic amines is 1. The number of rotatable bonds is 5. The highest BCUT2D eigenvalue weighted by atomic mass is 32.2. The largest absolute Gasteiger partial charge is 0.477 e. The molecule has 2 rings (SSSR count). The second kappa shape index (κ2) is 5.07. The third kappa shape index (κ3) is 2.64. The molecule has 19 heavy (non-hydrogen) atoms. The summed E-state index contributed by atoms with van der Waals surface area (Å²) in [7, 11) is -2.52. The molecule has 102 valence electrons. The Bertz CT molecular complexity index is 677. The summed E-state index contributed by atoms with van der Waals surface area (Å²) in [4.78, 5) is 14.4. The lowest BCUT2D eigenvalue weighted by Crippen LogP contribution is -2.27. The van der Waals surface area contributed by atoms with Crippen molar-refractivity contribution in [2.24, 2.45) is 0 Å². The van der Waals surface area contributed by atoms with E-state index in [1.54, 1.807) is 0 Å². The summed E-state index contributed by atoms with van der Waals surface area (Å²) in [6.07, 6.45) is 1.27. The Labute approximate surface area is 112 Å². The molecule has 0 aromatic carbocycles. The quantitative estimate of drug-likeness (QED) is 0.825. The van der Waals surface area contributed by atoms with Crippen LogP contribution in [0, 0.1) is 0 Å². The molecule has 0 aliphatic heterocycles. The van der Waals surface area contributed by atoms with Gasteiger partial charge in [-0.1, -0.05) is 0 Å². The summed E-state index contributed by atoms with van der Waals surface area (Å²) in [6, 6.07) is 1.28. The van der Waals surface area contributed by atoms with Gasteiger partial charge in [0.05, 0.1) is 6.54 Å². The first-order valence-electron chi connectivity index (χ1n) is 5.04. The van der Waals surface area contributed by atoms with Gasteiger partial charge in [0.2, 0.25) is 10.0 Å². The molecule has 0 unspecified atom stereocenters. The van der Waals surface area contributed by atoms with Crippen LogP contribution in [0.3, 0.4) is 0 Å². The van der Waals surface area contributed by atoms with Gasteiger partial charge in [-0.2, -0.15) is 9.40 Å². The van der Waals surface area contributed by atoms with Gasteiger partial charge in [-0.25, -0.2) is 18.2 Å². The monoisotopic (exact) mass is 302 g/mol. The van der Waals surface area contributed by atoms with E-state index in [1.807, 2.05) is 0 Å². The van der Waals surface area contributed by atoms with Crippen molar-refractivity contribution in [3.05, 3.63) is 28.5 Å². The van der Waals surface area contributed by atoms with Crippen LogP contribution in [-0.2, 0) is 16.6 Å². The predicted molar refractivity (Wildman–Crippen MR) is 66.3 cm³/mol. The van der Waals surface area contributed by atoms with Crippen molar-refractivity contribution in [3.63, 3.8) is 0 Å². The highest BCUT2D eigenvalue weighted by molar-refractivity contribution is 7.89. The molecular formula is C9H10N4O4S2. The maximum absolute atomic E-state index is 12.3. The zero-order valence-electron chi connectivity index (χ0n) is 9.77. The van der Waals surface area contributed by atoms with Gasteiger partial charge in [0.15, 0.2) is 0 Å².